The molecular formula is C13H19Cl2N3. The molecule has 0 heterocycles. The van der Waals surface area contributed by atoms with E-state index < -0.39 is 0 Å². The molecule has 0 aliphatic carbocycles. The number of halogens is 2. The molecule has 100 valence electrons. The van der Waals surface area contributed by atoms with Gasteiger partial charge in [0.1, 0.15) is 0 Å². The van der Waals surface area contributed by atoms with Gasteiger partial charge >= 0.3 is 0 Å². The van der Waals surface area contributed by atoms with Crippen LogP contribution in [0.1, 0.15) is 39.3 Å². The van der Waals surface area contributed by atoms with Crippen molar-refractivity contribution < 1.29 is 0 Å². The second-order valence-electron chi connectivity index (χ2n) is 5.23. The predicted octanol–water partition coefficient (Wildman–Crippen LogP) is 3.76. The molecule has 0 bridgehead atoms. The lowest BCUT2D eigenvalue weighted by molar-refractivity contribution is 0.507. The van der Waals surface area contributed by atoms with E-state index in [-0.39, 0.29) is 11.6 Å². The Kier molecular flexibility index (Phi) is 4.88. The largest absolute Gasteiger partial charge is 0.370 e. The molecule has 1 unspecified atom stereocenters. The second-order valence-corrected chi connectivity index (χ2v) is 6.07. The molecule has 0 aromatic heterocycles. The van der Waals surface area contributed by atoms with Gasteiger partial charge in [0.05, 0.1) is 6.04 Å². The van der Waals surface area contributed by atoms with E-state index in [1.807, 2.05) is 33.8 Å². The maximum absolute atomic E-state index is 6.13. The summed E-state index contributed by atoms with van der Waals surface area (Å²) in [5.41, 5.74) is 6.64. The third kappa shape index (κ3) is 4.75. The van der Waals surface area contributed by atoms with Crippen molar-refractivity contribution in [1.29, 1.82) is 0 Å². The summed E-state index contributed by atoms with van der Waals surface area (Å²) in [6.07, 6.45) is 0. The van der Waals surface area contributed by atoms with Crippen molar-refractivity contribution in [2.75, 3.05) is 0 Å². The molecule has 1 rings (SSSR count). The molecule has 1 aromatic carbocycles. The SMILES string of the molecule is CC(N=C(N)NC(C)(C)C)c1ccc(Cl)cc1Cl. The number of nitrogens with zero attached hydrogens (tertiary/aromatic N) is 1. The first-order valence-electron chi connectivity index (χ1n) is 5.75. The lowest BCUT2D eigenvalue weighted by atomic mass is 10.1. The fourth-order valence-electron chi connectivity index (χ4n) is 1.53. The molecular weight excluding hydrogens is 269 g/mol. The number of nitrogens with one attached hydrogen (secondary N) is 1. The highest BCUT2D eigenvalue weighted by atomic mass is 35.5. The van der Waals surface area contributed by atoms with Gasteiger partial charge < -0.3 is 11.1 Å². The maximum atomic E-state index is 6.13. The highest BCUT2D eigenvalue weighted by Crippen LogP contribution is 2.28. The van der Waals surface area contributed by atoms with Gasteiger partial charge in [-0.05, 0) is 45.4 Å². The molecule has 1 aromatic rings. The molecule has 0 spiro atoms. The van der Waals surface area contributed by atoms with Crippen LogP contribution in [0.2, 0.25) is 10.0 Å². The molecule has 3 N–H and O–H groups in total. The van der Waals surface area contributed by atoms with E-state index in [4.69, 9.17) is 28.9 Å². The molecule has 0 saturated heterocycles. The monoisotopic (exact) mass is 287 g/mol. The van der Waals surface area contributed by atoms with Gasteiger partial charge in [0, 0.05) is 15.6 Å². The van der Waals surface area contributed by atoms with E-state index in [1.54, 1.807) is 12.1 Å². The summed E-state index contributed by atoms with van der Waals surface area (Å²) in [6, 6.07) is 5.24. The van der Waals surface area contributed by atoms with Crippen LogP contribution in [0.4, 0.5) is 0 Å². The van der Waals surface area contributed by atoms with Crippen LogP contribution in [0, 0.1) is 0 Å². The number of hydrogen-bond donors (Lipinski definition) is 2. The molecule has 0 saturated carbocycles. The minimum atomic E-state index is -0.121. The van der Waals surface area contributed by atoms with Crippen LogP contribution in [0.25, 0.3) is 0 Å². The third-order valence-electron chi connectivity index (χ3n) is 2.25. The van der Waals surface area contributed by atoms with Gasteiger partial charge in [-0.25, -0.2) is 4.99 Å². The fraction of sp³-hybridized carbons (Fsp3) is 0.462. The third-order valence-corrected chi connectivity index (χ3v) is 2.81. The summed E-state index contributed by atoms with van der Waals surface area (Å²) < 4.78 is 0. The Labute approximate surface area is 118 Å². The smallest absolute Gasteiger partial charge is 0.189 e. The van der Waals surface area contributed by atoms with Gasteiger partial charge in [-0.15, -0.1) is 0 Å². The zero-order valence-corrected chi connectivity index (χ0v) is 12.6. The van der Waals surface area contributed by atoms with E-state index in [0.717, 1.165) is 5.56 Å². The topological polar surface area (TPSA) is 50.4 Å². The van der Waals surface area contributed by atoms with E-state index in [9.17, 15) is 0 Å². The second kappa shape index (κ2) is 5.81. The lowest BCUT2D eigenvalue weighted by Gasteiger charge is -2.22. The van der Waals surface area contributed by atoms with Crippen molar-refractivity contribution >= 4 is 29.2 Å². The van der Waals surface area contributed by atoms with Crippen LogP contribution in [-0.4, -0.2) is 11.5 Å². The average molecular weight is 288 g/mol. The Morgan fingerprint density at radius 1 is 1.33 bits per heavy atom. The van der Waals surface area contributed by atoms with Crippen molar-refractivity contribution in [3.05, 3.63) is 33.8 Å². The summed E-state index contributed by atoms with van der Waals surface area (Å²) in [5.74, 6) is 0.404. The summed E-state index contributed by atoms with van der Waals surface area (Å²) in [5, 5.41) is 4.32. The Hall–Kier alpha value is -0.930. The highest BCUT2D eigenvalue weighted by molar-refractivity contribution is 6.35. The normalized spacial score (nSPS) is 14.4. The zero-order chi connectivity index (χ0) is 13.9. The molecule has 0 fully saturated rings. The Morgan fingerprint density at radius 2 is 1.94 bits per heavy atom. The van der Waals surface area contributed by atoms with Gasteiger partial charge in [-0.3, -0.25) is 0 Å². The summed E-state index contributed by atoms with van der Waals surface area (Å²) in [6.45, 7) is 8.01. The number of aliphatic imine (C=N–C) groups is 1. The molecule has 0 aliphatic heterocycles. The number of rotatable bonds is 2. The van der Waals surface area contributed by atoms with Crippen LogP contribution in [-0.2, 0) is 0 Å². The Balaban J connectivity index is 2.87. The van der Waals surface area contributed by atoms with Crippen LogP contribution >= 0.6 is 23.2 Å². The van der Waals surface area contributed by atoms with E-state index in [0.29, 0.717) is 16.0 Å². The van der Waals surface area contributed by atoms with Crippen LogP contribution in [0.3, 0.4) is 0 Å². The molecule has 5 heteroatoms. The van der Waals surface area contributed by atoms with Crippen LogP contribution < -0.4 is 11.1 Å². The van der Waals surface area contributed by atoms with E-state index >= 15 is 0 Å². The van der Waals surface area contributed by atoms with Crippen molar-refractivity contribution in [3.8, 4) is 0 Å². The Bertz CT molecular complexity index is 450. The van der Waals surface area contributed by atoms with Gasteiger partial charge in [-0.2, -0.15) is 0 Å². The zero-order valence-electron chi connectivity index (χ0n) is 11.1. The van der Waals surface area contributed by atoms with E-state index in [2.05, 4.69) is 10.3 Å². The molecule has 18 heavy (non-hydrogen) atoms. The molecule has 0 aliphatic rings. The number of guanidine groups is 1. The molecule has 1 atom stereocenters. The maximum Gasteiger partial charge on any atom is 0.189 e. The first-order chi connectivity index (χ1) is 8.19. The van der Waals surface area contributed by atoms with Crippen LogP contribution in [0.15, 0.2) is 23.2 Å². The summed E-state index contributed by atoms with van der Waals surface area (Å²) in [4.78, 5) is 4.38. The number of hydrogen-bond acceptors (Lipinski definition) is 1. The first-order valence-corrected chi connectivity index (χ1v) is 6.51. The van der Waals surface area contributed by atoms with Gasteiger partial charge in [0.2, 0.25) is 0 Å². The standard InChI is InChI=1S/C13H19Cl2N3/c1-8(17-12(16)18-13(2,3)4)10-6-5-9(14)7-11(10)15/h5-8H,1-4H3,(H3,16,17,18). The summed E-state index contributed by atoms with van der Waals surface area (Å²) in [7, 11) is 0. The first kappa shape index (κ1) is 15.1. The minimum absolute atomic E-state index is 0.114. The van der Waals surface area contributed by atoms with Crippen molar-refractivity contribution in [2.24, 2.45) is 10.7 Å². The lowest BCUT2D eigenvalue weighted by Crippen LogP contribution is -2.45. The molecule has 3 nitrogen and oxygen atoms in total. The fourth-order valence-corrected chi connectivity index (χ4v) is 2.10. The van der Waals surface area contributed by atoms with Gasteiger partial charge in [0.15, 0.2) is 5.96 Å². The van der Waals surface area contributed by atoms with Crippen molar-refractivity contribution in [3.63, 3.8) is 0 Å². The number of benzene rings is 1. The molecule has 0 amide bonds. The Morgan fingerprint density at radius 3 is 2.44 bits per heavy atom. The average Bonchev–Trinajstić information content (AvgIpc) is 2.13. The highest BCUT2D eigenvalue weighted by Gasteiger charge is 2.13. The van der Waals surface area contributed by atoms with Gasteiger partial charge in [-0.1, -0.05) is 29.3 Å². The van der Waals surface area contributed by atoms with Crippen molar-refractivity contribution in [2.45, 2.75) is 39.3 Å². The predicted molar refractivity (Wildman–Crippen MR) is 79.4 cm³/mol. The number of nitrogens with two attached hydrogens (primary N) is 1. The minimum Gasteiger partial charge on any atom is -0.370 e. The van der Waals surface area contributed by atoms with Crippen LogP contribution in [0.5, 0.6) is 0 Å². The molecule has 0 radical (unpaired) electrons. The summed E-state index contributed by atoms with van der Waals surface area (Å²) >= 11 is 12.0. The van der Waals surface area contributed by atoms with Crippen molar-refractivity contribution in [1.82, 2.24) is 5.32 Å². The quantitative estimate of drug-likeness (QED) is 0.643. The van der Waals surface area contributed by atoms with Gasteiger partial charge in [0.25, 0.3) is 0 Å². The van der Waals surface area contributed by atoms with E-state index in [1.165, 1.54) is 0 Å².